The summed E-state index contributed by atoms with van der Waals surface area (Å²) in [7, 11) is -5.00. The van der Waals surface area contributed by atoms with Crippen molar-refractivity contribution in [3.05, 3.63) is 34.7 Å². The highest BCUT2D eigenvalue weighted by atomic mass is 32.1. The number of nitrogens with zero attached hydrogens (tertiary/aromatic N) is 2. The van der Waals surface area contributed by atoms with Gasteiger partial charge in [0.15, 0.2) is 0 Å². The van der Waals surface area contributed by atoms with Crippen LogP contribution in [0.2, 0.25) is 0 Å². The van der Waals surface area contributed by atoms with Gasteiger partial charge in [-0.05, 0) is 73.1 Å². The SMILES string of the molecule is NC(=O)N1C[C@H](NC(=O)[C@@H]2CC[C@@H]3C[C@H]4C[C@H]4CC(CNC(=O)c4cc5cc(C(F)P(=O)(O)O)ccc5s4)C(=O)N32)C(F)(F)C1. The standard InChI is InChI=1S/C28H33F3N5O7PS/c29-23(44(41,42)43)13-1-4-20-16(5-13)9-21(45-20)25(38)33-10-17-7-14-6-15(14)8-18-2-3-19(36(18)26(17)39)24(37)34-22-11-35(27(32)40)12-28(22,30)31/h1,4-5,9,14-15,17-19,22-23H,2-3,6-8,10-12H2,(H2,32,40)(H,33,38)(H,34,37)(H2,41,42,43)/t14-,15+,17?,18+,19-,22-,23?/m0/s1. The summed E-state index contributed by atoms with van der Waals surface area (Å²) in [5.74, 6) is -7.35. The second-order valence-corrected chi connectivity index (χ2v) is 15.2. The molecular weight excluding hydrogens is 638 g/mol. The number of alkyl halides is 3. The third-order valence-corrected chi connectivity index (χ3v) is 11.4. The minimum atomic E-state index is -5.00. The Kier molecular flexibility index (Phi) is 8.15. The molecule has 7 atom stereocenters. The van der Waals surface area contributed by atoms with Gasteiger partial charge in [-0.15, -0.1) is 11.3 Å². The highest BCUT2D eigenvalue weighted by molar-refractivity contribution is 7.51. The van der Waals surface area contributed by atoms with Crippen molar-refractivity contribution in [2.45, 2.75) is 62.1 Å². The van der Waals surface area contributed by atoms with Gasteiger partial charge in [0, 0.05) is 23.8 Å². The fourth-order valence-electron chi connectivity index (χ4n) is 6.98. The molecule has 1 saturated carbocycles. The van der Waals surface area contributed by atoms with E-state index in [-0.39, 0.29) is 28.9 Å². The number of thiophene rings is 1. The molecule has 0 spiro atoms. The molecule has 17 heteroatoms. The molecule has 4 aliphatic rings. The van der Waals surface area contributed by atoms with Crippen LogP contribution in [0.4, 0.5) is 18.0 Å². The first kappa shape index (κ1) is 31.8. The highest BCUT2D eigenvalue weighted by Gasteiger charge is 2.54. The first-order valence-corrected chi connectivity index (χ1v) is 17.2. The largest absolute Gasteiger partial charge is 0.363 e. The van der Waals surface area contributed by atoms with Crippen molar-refractivity contribution >= 4 is 52.8 Å². The molecule has 6 rings (SSSR count). The van der Waals surface area contributed by atoms with Crippen molar-refractivity contribution in [2.75, 3.05) is 19.6 Å². The Morgan fingerprint density at radius 2 is 1.87 bits per heavy atom. The Bertz CT molecular complexity index is 1600. The van der Waals surface area contributed by atoms with Crippen LogP contribution >= 0.6 is 18.9 Å². The average molecular weight is 672 g/mol. The Hall–Kier alpha value is -3.20. The average Bonchev–Trinajstić information content (AvgIpc) is 3.25. The molecule has 0 radical (unpaired) electrons. The van der Waals surface area contributed by atoms with Gasteiger partial charge in [0.1, 0.15) is 12.1 Å². The highest BCUT2D eigenvalue weighted by Crippen LogP contribution is 2.53. The van der Waals surface area contributed by atoms with Gasteiger partial charge >= 0.3 is 13.6 Å². The van der Waals surface area contributed by atoms with Gasteiger partial charge in [-0.1, -0.05) is 6.07 Å². The summed E-state index contributed by atoms with van der Waals surface area (Å²) in [6, 6.07) is 1.67. The van der Waals surface area contributed by atoms with Crippen LogP contribution in [0.5, 0.6) is 0 Å². The van der Waals surface area contributed by atoms with Crippen molar-refractivity contribution in [3.8, 4) is 0 Å². The van der Waals surface area contributed by atoms with Crippen LogP contribution in [0.1, 0.15) is 53.3 Å². The number of halogens is 3. The number of likely N-dealkylation sites (tertiary alicyclic amines) is 1. The van der Waals surface area contributed by atoms with Crippen LogP contribution in [-0.2, 0) is 14.2 Å². The number of nitrogens with two attached hydrogens (primary N) is 1. The minimum absolute atomic E-state index is 0.0169. The van der Waals surface area contributed by atoms with E-state index >= 15 is 0 Å². The number of hydrogen-bond acceptors (Lipinski definition) is 6. The van der Waals surface area contributed by atoms with E-state index in [1.165, 1.54) is 29.2 Å². The van der Waals surface area contributed by atoms with Gasteiger partial charge in [0.25, 0.3) is 11.8 Å². The lowest BCUT2D eigenvalue weighted by Crippen LogP contribution is -2.56. The third kappa shape index (κ3) is 6.29. The molecule has 12 nitrogen and oxygen atoms in total. The van der Waals surface area contributed by atoms with Crippen LogP contribution in [-0.4, -0.2) is 87.0 Å². The molecule has 1 aromatic carbocycles. The van der Waals surface area contributed by atoms with Gasteiger partial charge in [-0.3, -0.25) is 18.9 Å². The first-order valence-electron chi connectivity index (χ1n) is 14.7. The van der Waals surface area contributed by atoms with Gasteiger partial charge in [0.2, 0.25) is 17.7 Å². The number of nitrogens with one attached hydrogen (secondary N) is 2. The molecule has 3 aliphatic heterocycles. The summed E-state index contributed by atoms with van der Waals surface area (Å²) in [4.78, 5) is 72.7. The molecule has 4 heterocycles. The van der Waals surface area contributed by atoms with Crippen LogP contribution in [0.15, 0.2) is 24.3 Å². The fourth-order valence-corrected chi connectivity index (χ4v) is 8.49. The molecule has 45 heavy (non-hydrogen) atoms. The molecule has 3 saturated heterocycles. The number of fused-ring (bicyclic) bond motifs is 3. The summed E-state index contributed by atoms with van der Waals surface area (Å²) in [6.07, 6.45) is 3.01. The summed E-state index contributed by atoms with van der Waals surface area (Å²) in [5, 5.41) is 5.58. The van der Waals surface area contributed by atoms with Crippen LogP contribution < -0.4 is 16.4 Å². The van der Waals surface area contributed by atoms with E-state index in [0.29, 0.717) is 41.2 Å². The lowest BCUT2D eigenvalue weighted by atomic mass is 9.94. The van der Waals surface area contributed by atoms with E-state index in [1.54, 1.807) is 0 Å². The molecule has 5 amide bonds. The summed E-state index contributed by atoms with van der Waals surface area (Å²) < 4.78 is 55.3. The number of amides is 5. The molecule has 1 aromatic heterocycles. The number of rotatable bonds is 7. The second kappa shape index (κ2) is 11.6. The summed E-state index contributed by atoms with van der Waals surface area (Å²) in [5.41, 5.74) is 4.95. The fraction of sp³-hybridized carbons (Fsp3) is 0.571. The molecule has 2 unspecified atom stereocenters. The van der Waals surface area contributed by atoms with E-state index in [2.05, 4.69) is 10.6 Å². The normalized spacial score (nSPS) is 29.8. The maximum atomic E-state index is 14.6. The van der Waals surface area contributed by atoms with E-state index in [1.807, 2.05) is 0 Å². The smallest absolute Gasteiger partial charge is 0.351 e. The van der Waals surface area contributed by atoms with Crippen LogP contribution in [0, 0.1) is 17.8 Å². The van der Waals surface area contributed by atoms with Crippen molar-refractivity contribution < 1.29 is 46.7 Å². The van der Waals surface area contributed by atoms with Gasteiger partial charge < -0.3 is 36.0 Å². The number of urea groups is 1. The van der Waals surface area contributed by atoms with Gasteiger partial charge in [-0.25, -0.2) is 18.0 Å². The van der Waals surface area contributed by atoms with E-state index < -0.39 is 68.4 Å². The predicted molar refractivity (Wildman–Crippen MR) is 156 cm³/mol. The molecular formula is C28H33F3N5O7PS. The number of carbonyl (C=O) groups excluding carboxylic acids is 4. The molecule has 1 aliphatic carbocycles. The van der Waals surface area contributed by atoms with Gasteiger partial charge in [0.05, 0.1) is 17.3 Å². The number of benzene rings is 1. The monoisotopic (exact) mass is 671 g/mol. The topological polar surface area (TPSA) is 182 Å². The molecule has 0 bridgehead atoms. The van der Waals surface area contributed by atoms with E-state index in [4.69, 9.17) is 15.5 Å². The van der Waals surface area contributed by atoms with Crippen molar-refractivity contribution in [1.29, 1.82) is 0 Å². The zero-order valence-electron chi connectivity index (χ0n) is 23.9. The first-order chi connectivity index (χ1) is 21.1. The quantitative estimate of drug-likeness (QED) is 0.281. The molecule has 4 fully saturated rings. The van der Waals surface area contributed by atoms with Crippen LogP contribution in [0.25, 0.3) is 10.1 Å². The second-order valence-electron chi connectivity index (χ2n) is 12.5. The van der Waals surface area contributed by atoms with Crippen molar-refractivity contribution in [3.63, 3.8) is 0 Å². The zero-order valence-corrected chi connectivity index (χ0v) is 25.6. The Morgan fingerprint density at radius 3 is 2.56 bits per heavy atom. The Labute approximate surface area is 259 Å². The number of primary amides is 1. The minimum Gasteiger partial charge on any atom is -0.351 e. The van der Waals surface area contributed by atoms with Crippen molar-refractivity contribution in [2.24, 2.45) is 23.5 Å². The molecule has 2 aromatic rings. The number of carbonyl (C=O) groups is 4. The van der Waals surface area contributed by atoms with Crippen LogP contribution in [0.3, 0.4) is 0 Å². The Balaban J connectivity index is 1.14. The van der Waals surface area contributed by atoms with Gasteiger partial charge in [-0.2, -0.15) is 0 Å². The van der Waals surface area contributed by atoms with Crippen molar-refractivity contribution in [1.82, 2.24) is 20.4 Å². The van der Waals surface area contributed by atoms with E-state index in [9.17, 15) is 36.9 Å². The lowest BCUT2D eigenvalue weighted by molar-refractivity contribution is -0.145. The summed E-state index contributed by atoms with van der Waals surface area (Å²) >= 11 is 1.10. The molecule has 6 N–H and O–H groups in total. The molecule has 244 valence electrons. The lowest BCUT2D eigenvalue weighted by Gasteiger charge is -2.35. The summed E-state index contributed by atoms with van der Waals surface area (Å²) in [6.45, 7) is -1.36. The maximum Gasteiger partial charge on any atom is 0.363 e. The zero-order chi connectivity index (χ0) is 32.4. The Morgan fingerprint density at radius 1 is 1.13 bits per heavy atom. The third-order valence-electron chi connectivity index (χ3n) is 9.43. The maximum absolute atomic E-state index is 14.6. The number of hydrogen-bond donors (Lipinski definition) is 5. The predicted octanol–water partition coefficient (Wildman–Crippen LogP) is 2.70. The van der Waals surface area contributed by atoms with E-state index in [0.717, 1.165) is 29.1 Å².